The summed E-state index contributed by atoms with van der Waals surface area (Å²) in [6, 6.07) is 3.58. The maximum absolute atomic E-state index is 11.9. The van der Waals surface area contributed by atoms with Crippen LogP contribution in [0.15, 0.2) is 29.5 Å². The van der Waals surface area contributed by atoms with Crippen LogP contribution in [0.4, 0.5) is 5.69 Å². The third kappa shape index (κ3) is 5.22. The van der Waals surface area contributed by atoms with Gasteiger partial charge in [0.1, 0.15) is 0 Å². The average molecular weight is 321 g/mol. The quantitative estimate of drug-likeness (QED) is 0.565. The number of rotatable bonds is 5. The Morgan fingerprint density at radius 3 is 3.00 bits per heavy atom. The van der Waals surface area contributed by atoms with Crippen LogP contribution < -0.4 is 16.0 Å². The van der Waals surface area contributed by atoms with Gasteiger partial charge in [0, 0.05) is 24.5 Å². The predicted octanol–water partition coefficient (Wildman–Crippen LogP) is 1.47. The van der Waals surface area contributed by atoms with Gasteiger partial charge in [-0.25, -0.2) is 0 Å². The fraction of sp³-hybridized carbons (Fsp3) is 0.533. The second-order valence-electron chi connectivity index (χ2n) is 5.47. The first kappa shape index (κ1) is 16.6. The lowest BCUT2D eigenvalue weighted by Gasteiger charge is -2.24. The highest BCUT2D eigenvalue weighted by Gasteiger charge is 2.29. The van der Waals surface area contributed by atoms with Gasteiger partial charge in [0.05, 0.1) is 18.4 Å². The van der Waals surface area contributed by atoms with Crippen LogP contribution in [-0.2, 0) is 4.79 Å². The third-order valence-corrected chi connectivity index (χ3v) is 5.05. The van der Waals surface area contributed by atoms with Gasteiger partial charge in [-0.15, -0.1) is 0 Å². The summed E-state index contributed by atoms with van der Waals surface area (Å²) in [7, 11) is 1.71. The van der Waals surface area contributed by atoms with E-state index >= 15 is 0 Å². The highest BCUT2D eigenvalue weighted by molar-refractivity contribution is 8.00. The van der Waals surface area contributed by atoms with E-state index in [1.54, 1.807) is 31.6 Å². The Morgan fingerprint density at radius 2 is 2.36 bits per heavy atom. The second-order valence-corrected chi connectivity index (χ2v) is 7.15. The van der Waals surface area contributed by atoms with Gasteiger partial charge in [-0.05, 0) is 37.7 Å². The number of amides is 1. The molecule has 1 fully saturated rings. The average Bonchev–Trinajstić information content (AvgIpc) is 2.95. The molecule has 3 N–H and O–H groups in total. The molecule has 6 nitrogen and oxygen atoms in total. The zero-order valence-corrected chi connectivity index (χ0v) is 13.9. The molecule has 0 aliphatic carbocycles. The Morgan fingerprint density at radius 1 is 1.50 bits per heavy atom. The zero-order valence-electron chi connectivity index (χ0n) is 13.1. The smallest absolute Gasteiger partial charge is 0.243 e. The molecule has 0 saturated carbocycles. The van der Waals surface area contributed by atoms with Crippen LogP contribution in [0.25, 0.3) is 0 Å². The van der Waals surface area contributed by atoms with Crippen molar-refractivity contribution in [2.24, 2.45) is 4.99 Å². The van der Waals surface area contributed by atoms with E-state index in [9.17, 15) is 4.79 Å². The lowest BCUT2D eigenvalue weighted by atomic mass is 10.1. The van der Waals surface area contributed by atoms with E-state index < -0.39 is 0 Å². The number of hydrogen-bond donors (Lipinski definition) is 3. The summed E-state index contributed by atoms with van der Waals surface area (Å²) in [5.74, 6) is 1.74. The van der Waals surface area contributed by atoms with E-state index in [0.717, 1.165) is 6.54 Å². The Bertz CT molecular complexity index is 514. The fourth-order valence-corrected chi connectivity index (χ4v) is 3.52. The van der Waals surface area contributed by atoms with E-state index in [4.69, 9.17) is 0 Å². The zero-order chi connectivity index (χ0) is 15.8. The first-order valence-electron chi connectivity index (χ1n) is 7.40. The molecule has 1 amide bonds. The Kier molecular flexibility index (Phi) is 6.06. The lowest BCUT2D eigenvalue weighted by molar-refractivity contribution is -0.115. The minimum absolute atomic E-state index is 0.127. The molecule has 0 radical (unpaired) electrons. The Hall–Kier alpha value is -1.76. The molecular weight excluding hydrogens is 298 g/mol. The molecule has 0 spiro atoms. The number of thioether (sulfide) groups is 1. The van der Waals surface area contributed by atoms with Crippen molar-refractivity contribution < 1.29 is 4.79 Å². The van der Waals surface area contributed by atoms with E-state index in [-0.39, 0.29) is 17.2 Å². The summed E-state index contributed by atoms with van der Waals surface area (Å²) in [6.45, 7) is 3.28. The van der Waals surface area contributed by atoms with Gasteiger partial charge < -0.3 is 16.0 Å². The predicted molar refractivity (Wildman–Crippen MR) is 92.3 cm³/mol. The van der Waals surface area contributed by atoms with Crippen LogP contribution in [0.5, 0.6) is 0 Å². The fourth-order valence-electron chi connectivity index (χ4n) is 2.27. The molecule has 120 valence electrons. The molecule has 1 aromatic heterocycles. The monoisotopic (exact) mass is 321 g/mol. The Balaban J connectivity index is 1.73. The minimum atomic E-state index is -0.127. The lowest BCUT2D eigenvalue weighted by Crippen LogP contribution is -2.45. The van der Waals surface area contributed by atoms with Gasteiger partial charge in [-0.1, -0.05) is 0 Å². The first-order chi connectivity index (χ1) is 10.6. The molecule has 1 aromatic rings. The number of nitrogens with one attached hydrogen (secondary N) is 3. The van der Waals surface area contributed by atoms with Crippen molar-refractivity contribution in [3.63, 3.8) is 0 Å². The van der Waals surface area contributed by atoms with Crippen molar-refractivity contribution in [1.82, 2.24) is 15.6 Å². The summed E-state index contributed by atoms with van der Waals surface area (Å²) in [5, 5.41) is 9.10. The summed E-state index contributed by atoms with van der Waals surface area (Å²) >= 11 is 1.99. The van der Waals surface area contributed by atoms with E-state index in [1.807, 2.05) is 11.8 Å². The first-order valence-corrected chi connectivity index (χ1v) is 8.38. The number of anilines is 1. The highest BCUT2D eigenvalue weighted by atomic mass is 32.2. The number of carbonyl (C=O) groups is 1. The van der Waals surface area contributed by atoms with Crippen molar-refractivity contribution in [1.29, 1.82) is 0 Å². The van der Waals surface area contributed by atoms with Crippen LogP contribution in [0.3, 0.4) is 0 Å². The van der Waals surface area contributed by atoms with Crippen LogP contribution in [-0.4, -0.2) is 47.5 Å². The van der Waals surface area contributed by atoms with Gasteiger partial charge in [0.2, 0.25) is 5.91 Å². The molecule has 2 heterocycles. The minimum Gasteiger partial charge on any atom is -0.355 e. The van der Waals surface area contributed by atoms with Crippen LogP contribution in [0.1, 0.15) is 19.8 Å². The molecule has 1 saturated heterocycles. The van der Waals surface area contributed by atoms with Gasteiger partial charge in [-0.3, -0.25) is 14.8 Å². The summed E-state index contributed by atoms with van der Waals surface area (Å²) in [6.07, 6.45) is 5.76. The van der Waals surface area contributed by atoms with Crippen molar-refractivity contribution in [3.8, 4) is 0 Å². The second kappa shape index (κ2) is 8.03. The van der Waals surface area contributed by atoms with Gasteiger partial charge >= 0.3 is 0 Å². The molecule has 0 aromatic carbocycles. The third-order valence-electron chi connectivity index (χ3n) is 3.52. The van der Waals surface area contributed by atoms with Crippen LogP contribution in [0.2, 0.25) is 0 Å². The van der Waals surface area contributed by atoms with Crippen molar-refractivity contribution in [3.05, 3.63) is 24.5 Å². The number of guanidine groups is 1. The Labute approximate surface area is 135 Å². The largest absolute Gasteiger partial charge is 0.355 e. The molecular formula is C15H23N5OS. The standard InChI is InChI=1S/C15H23N5OS/c1-15(6-4-8-22-15)11-19-14(16-2)18-10-13(21)20-12-5-3-7-17-9-12/h3,5,7,9H,4,6,8,10-11H2,1-2H3,(H,20,21)(H2,16,18,19). The highest BCUT2D eigenvalue weighted by Crippen LogP contribution is 2.36. The summed E-state index contributed by atoms with van der Waals surface area (Å²) < 4.78 is 0.260. The number of carbonyl (C=O) groups excluding carboxylic acids is 1. The molecule has 2 rings (SSSR count). The van der Waals surface area contributed by atoms with Gasteiger partial charge in [0.15, 0.2) is 5.96 Å². The van der Waals surface area contributed by atoms with Crippen molar-refractivity contribution in [2.75, 3.05) is 31.2 Å². The van der Waals surface area contributed by atoms with Gasteiger partial charge in [-0.2, -0.15) is 11.8 Å². The number of aliphatic imine (C=N–C) groups is 1. The van der Waals surface area contributed by atoms with E-state index in [1.165, 1.54) is 18.6 Å². The van der Waals surface area contributed by atoms with Crippen molar-refractivity contribution >= 4 is 29.3 Å². The van der Waals surface area contributed by atoms with E-state index in [2.05, 4.69) is 32.9 Å². The molecule has 1 atom stereocenters. The molecule has 0 bridgehead atoms. The number of nitrogens with zero attached hydrogens (tertiary/aromatic N) is 2. The maximum Gasteiger partial charge on any atom is 0.243 e. The maximum atomic E-state index is 11.9. The SMILES string of the molecule is CN=C(NCC(=O)Nc1cccnc1)NCC1(C)CCCS1. The number of hydrogen-bond acceptors (Lipinski definition) is 4. The molecule has 22 heavy (non-hydrogen) atoms. The van der Waals surface area contributed by atoms with Crippen molar-refractivity contribution in [2.45, 2.75) is 24.5 Å². The topological polar surface area (TPSA) is 78.4 Å². The normalized spacial score (nSPS) is 21.5. The number of pyridine rings is 1. The molecule has 1 aliphatic rings. The number of aromatic nitrogens is 1. The molecule has 1 aliphatic heterocycles. The van der Waals surface area contributed by atoms with Gasteiger partial charge in [0.25, 0.3) is 0 Å². The summed E-state index contributed by atoms with van der Waals surface area (Å²) in [5.41, 5.74) is 0.687. The van der Waals surface area contributed by atoms with Crippen LogP contribution >= 0.6 is 11.8 Å². The molecule has 7 heteroatoms. The van der Waals surface area contributed by atoms with E-state index in [0.29, 0.717) is 11.6 Å². The van der Waals surface area contributed by atoms with Crippen LogP contribution in [0, 0.1) is 0 Å². The summed E-state index contributed by atoms with van der Waals surface area (Å²) in [4.78, 5) is 20.0. The molecule has 1 unspecified atom stereocenters.